The van der Waals surface area contributed by atoms with Crippen molar-refractivity contribution in [3.05, 3.63) is 0 Å². The Morgan fingerprint density at radius 2 is 1.86 bits per heavy atom. The Kier molecular flexibility index (Phi) is 4.99. The molecule has 0 aliphatic rings. The van der Waals surface area contributed by atoms with Gasteiger partial charge < -0.3 is 10.4 Å². The Morgan fingerprint density at radius 3 is 2.14 bits per heavy atom. The number of aliphatic hydroxyl groups is 1. The van der Waals surface area contributed by atoms with Gasteiger partial charge >= 0.3 is 0 Å². The highest BCUT2D eigenvalue weighted by molar-refractivity contribution is 6.52. The molecule has 0 saturated heterocycles. The van der Waals surface area contributed by atoms with E-state index in [0.717, 1.165) is 0 Å². The molecule has 0 aliphatic heterocycles. The van der Waals surface area contributed by atoms with E-state index in [2.05, 4.69) is 5.32 Å². The Labute approximate surface area is 98.7 Å². The molecule has 0 heterocycles. The SMILES string of the molecule is CC(C)(C)C(=O)NC(O)C(Cl)(Cl)CCl. The minimum absolute atomic E-state index is 0.179. The third-order valence-corrected chi connectivity index (χ3v) is 2.90. The molecule has 3 nitrogen and oxygen atoms in total. The number of hydrogen-bond acceptors (Lipinski definition) is 2. The van der Waals surface area contributed by atoms with Gasteiger partial charge in [-0.15, -0.1) is 11.6 Å². The van der Waals surface area contributed by atoms with Gasteiger partial charge in [0, 0.05) is 5.41 Å². The van der Waals surface area contributed by atoms with E-state index in [1.54, 1.807) is 20.8 Å². The first-order chi connectivity index (χ1) is 6.11. The predicted molar refractivity (Wildman–Crippen MR) is 58.8 cm³/mol. The summed E-state index contributed by atoms with van der Waals surface area (Å²) in [5.74, 6) is -0.525. The molecule has 6 heteroatoms. The first-order valence-corrected chi connectivity index (χ1v) is 5.33. The van der Waals surface area contributed by atoms with Crippen molar-refractivity contribution in [3.8, 4) is 0 Å². The van der Waals surface area contributed by atoms with Crippen LogP contribution in [0.3, 0.4) is 0 Å². The normalized spacial score (nSPS) is 15.1. The van der Waals surface area contributed by atoms with Gasteiger partial charge in [0.15, 0.2) is 10.6 Å². The van der Waals surface area contributed by atoms with E-state index in [1.165, 1.54) is 0 Å². The van der Waals surface area contributed by atoms with E-state index in [0.29, 0.717) is 0 Å². The zero-order valence-corrected chi connectivity index (χ0v) is 10.5. The Hall–Kier alpha value is 0.300. The number of halogens is 3. The van der Waals surface area contributed by atoms with Crippen LogP contribution in [0, 0.1) is 5.41 Å². The average molecular weight is 263 g/mol. The highest BCUT2D eigenvalue weighted by Crippen LogP contribution is 2.26. The lowest BCUT2D eigenvalue weighted by atomic mass is 9.95. The van der Waals surface area contributed by atoms with Gasteiger partial charge in [0.2, 0.25) is 5.91 Å². The van der Waals surface area contributed by atoms with E-state index >= 15 is 0 Å². The quantitative estimate of drug-likeness (QED) is 0.603. The molecule has 84 valence electrons. The van der Waals surface area contributed by atoms with Gasteiger partial charge in [-0.25, -0.2) is 0 Å². The van der Waals surface area contributed by atoms with Crippen LogP contribution in [0.25, 0.3) is 0 Å². The van der Waals surface area contributed by atoms with Crippen molar-refractivity contribution in [2.24, 2.45) is 5.41 Å². The number of aliphatic hydroxyl groups excluding tert-OH is 1. The number of hydrogen-bond donors (Lipinski definition) is 2. The third-order valence-electron chi connectivity index (χ3n) is 1.53. The van der Waals surface area contributed by atoms with Crippen molar-refractivity contribution in [1.82, 2.24) is 5.32 Å². The fourth-order valence-electron chi connectivity index (χ4n) is 0.519. The van der Waals surface area contributed by atoms with E-state index in [1.807, 2.05) is 0 Å². The highest BCUT2D eigenvalue weighted by atomic mass is 35.5. The van der Waals surface area contributed by atoms with Crippen molar-refractivity contribution < 1.29 is 9.90 Å². The summed E-state index contributed by atoms with van der Waals surface area (Å²) in [6.07, 6.45) is -1.38. The van der Waals surface area contributed by atoms with Crippen LogP contribution in [0.4, 0.5) is 0 Å². The van der Waals surface area contributed by atoms with Gasteiger partial charge in [0.25, 0.3) is 0 Å². The summed E-state index contributed by atoms with van der Waals surface area (Å²) in [6, 6.07) is 0. The number of amides is 1. The molecule has 14 heavy (non-hydrogen) atoms. The first-order valence-electron chi connectivity index (χ1n) is 4.04. The minimum Gasteiger partial charge on any atom is -0.370 e. The maximum Gasteiger partial charge on any atom is 0.227 e. The van der Waals surface area contributed by atoms with Crippen LogP contribution in [0.15, 0.2) is 0 Å². The predicted octanol–water partition coefficient (Wildman–Crippen LogP) is 1.88. The molecule has 0 fully saturated rings. The molecule has 1 atom stereocenters. The zero-order chi connectivity index (χ0) is 11.6. The number of nitrogens with one attached hydrogen (secondary N) is 1. The summed E-state index contributed by atoms with van der Waals surface area (Å²) >= 11 is 16.7. The molecule has 0 aromatic heterocycles. The standard InChI is InChI=1S/C8H14Cl3NO2/c1-7(2,3)5(13)12-6(14)8(10,11)4-9/h6,14H,4H2,1-3H3,(H,12,13). The van der Waals surface area contributed by atoms with E-state index in [9.17, 15) is 9.90 Å². The van der Waals surface area contributed by atoms with E-state index in [4.69, 9.17) is 34.8 Å². The van der Waals surface area contributed by atoms with Gasteiger partial charge in [0.05, 0.1) is 5.88 Å². The maximum absolute atomic E-state index is 11.4. The Balaban J connectivity index is 4.34. The Bertz CT molecular complexity index is 213. The molecule has 0 saturated carbocycles. The largest absolute Gasteiger partial charge is 0.370 e. The van der Waals surface area contributed by atoms with Crippen LogP contribution >= 0.6 is 34.8 Å². The van der Waals surface area contributed by atoms with Gasteiger partial charge in [-0.2, -0.15) is 0 Å². The maximum atomic E-state index is 11.4. The summed E-state index contributed by atoms with van der Waals surface area (Å²) in [6.45, 7) is 5.12. The first kappa shape index (κ1) is 14.3. The zero-order valence-electron chi connectivity index (χ0n) is 8.27. The molecule has 0 radical (unpaired) electrons. The molecule has 0 aromatic rings. The molecule has 0 rings (SSSR count). The molecule has 1 amide bonds. The minimum atomic E-state index is -1.57. The van der Waals surface area contributed by atoms with Crippen molar-refractivity contribution in [3.63, 3.8) is 0 Å². The monoisotopic (exact) mass is 261 g/mol. The summed E-state index contributed by atoms with van der Waals surface area (Å²) in [5, 5.41) is 11.7. The molecule has 2 N–H and O–H groups in total. The number of alkyl halides is 3. The summed E-state index contributed by atoms with van der Waals surface area (Å²) in [4.78, 5) is 11.4. The van der Waals surface area contributed by atoms with Crippen molar-refractivity contribution >= 4 is 40.7 Å². The third kappa shape index (κ3) is 4.22. The van der Waals surface area contributed by atoms with Crippen molar-refractivity contribution in [2.75, 3.05) is 5.88 Å². The Morgan fingerprint density at radius 1 is 1.43 bits per heavy atom. The second-order valence-corrected chi connectivity index (χ2v) is 5.83. The summed E-state index contributed by atoms with van der Waals surface area (Å²) in [5.41, 5.74) is -0.614. The summed E-state index contributed by atoms with van der Waals surface area (Å²) in [7, 11) is 0. The van der Waals surface area contributed by atoms with Gasteiger partial charge in [-0.05, 0) is 0 Å². The molecular weight excluding hydrogens is 248 g/mol. The lowest BCUT2D eigenvalue weighted by Gasteiger charge is -2.27. The van der Waals surface area contributed by atoms with Crippen LogP contribution in [-0.4, -0.2) is 27.5 Å². The van der Waals surface area contributed by atoms with Crippen LogP contribution < -0.4 is 5.32 Å². The van der Waals surface area contributed by atoms with Crippen LogP contribution in [-0.2, 0) is 4.79 Å². The second-order valence-electron chi connectivity index (χ2n) is 4.02. The molecule has 1 unspecified atom stereocenters. The topological polar surface area (TPSA) is 49.3 Å². The second kappa shape index (κ2) is 4.88. The van der Waals surface area contributed by atoms with Crippen LogP contribution in [0.2, 0.25) is 0 Å². The molecule has 0 aliphatic carbocycles. The van der Waals surface area contributed by atoms with E-state index < -0.39 is 16.0 Å². The average Bonchev–Trinajstić information content (AvgIpc) is 2.02. The van der Waals surface area contributed by atoms with Crippen LogP contribution in [0.1, 0.15) is 20.8 Å². The van der Waals surface area contributed by atoms with Gasteiger partial charge in [-0.3, -0.25) is 4.79 Å². The molecule has 0 spiro atoms. The number of carbonyl (C=O) groups excluding carboxylic acids is 1. The summed E-state index contributed by atoms with van der Waals surface area (Å²) < 4.78 is -1.57. The van der Waals surface area contributed by atoms with E-state index in [-0.39, 0.29) is 11.8 Å². The number of carbonyl (C=O) groups is 1. The molecular formula is C8H14Cl3NO2. The fraction of sp³-hybridized carbons (Fsp3) is 0.875. The lowest BCUT2D eigenvalue weighted by molar-refractivity contribution is -0.131. The van der Waals surface area contributed by atoms with Crippen molar-refractivity contribution in [1.29, 1.82) is 0 Å². The smallest absolute Gasteiger partial charge is 0.227 e. The molecule has 0 bridgehead atoms. The fourth-order valence-corrected chi connectivity index (χ4v) is 0.775. The van der Waals surface area contributed by atoms with Gasteiger partial charge in [-0.1, -0.05) is 44.0 Å². The van der Waals surface area contributed by atoms with Gasteiger partial charge in [0.1, 0.15) is 0 Å². The van der Waals surface area contributed by atoms with Crippen LogP contribution in [0.5, 0.6) is 0 Å². The van der Waals surface area contributed by atoms with Crippen molar-refractivity contribution in [2.45, 2.75) is 31.3 Å². The highest BCUT2D eigenvalue weighted by Gasteiger charge is 2.35. The molecule has 0 aromatic carbocycles. The number of rotatable bonds is 3. The lowest BCUT2D eigenvalue weighted by Crippen LogP contribution is -2.50.